The highest BCUT2D eigenvalue weighted by atomic mass is 19.4. The van der Waals surface area contributed by atoms with Gasteiger partial charge in [0.05, 0.1) is 31.2 Å². The summed E-state index contributed by atoms with van der Waals surface area (Å²) in [5.41, 5.74) is -0.640. The van der Waals surface area contributed by atoms with Crippen molar-refractivity contribution in [1.29, 1.82) is 0 Å². The highest BCUT2D eigenvalue weighted by molar-refractivity contribution is 5.94. The minimum Gasteiger partial charge on any atom is -0.467 e. The van der Waals surface area contributed by atoms with E-state index in [1.54, 1.807) is 24.3 Å². The summed E-state index contributed by atoms with van der Waals surface area (Å²) in [5, 5.41) is 0. The molecular weight excluding hydrogens is 335 g/mol. The van der Waals surface area contributed by atoms with Gasteiger partial charge in [0.15, 0.2) is 0 Å². The molecule has 0 spiro atoms. The van der Waals surface area contributed by atoms with Crippen molar-refractivity contribution >= 4 is 5.91 Å². The Labute approximate surface area is 141 Å². The predicted octanol–water partition coefficient (Wildman–Crippen LogP) is 4.73. The van der Waals surface area contributed by atoms with E-state index in [0.717, 1.165) is 12.1 Å². The first-order chi connectivity index (χ1) is 11.9. The highest BCUT2D eigenvalue weighted by Gasteiger charge is 2.30. The molecule has 1 aromatic carbocycles. The molecule has 0 atom stereocenters. The van der Waals surface area contributed by atoms with Crippen molar-refractivity contribution in [2.75, 3.05) is 0 Å². The van der Waals surface area contributed by atoms with Crippen LogP contribution in [0.4, 0.5) is 13.2 Å². The number of carbonyl (C=O) groups excluding carboxylic acids is 1. The predicted molar refractivity (Wildman–Crippen MR) is 82.4 cm³/mol. The molecule has 7 heteroatoms. The summed E-state index contributed by atoms with van der Waals surface area (Å²) >= 11 is 0. The number of carbonyl (C=O) groups is 1. The minimum atomic E-state index is -4.44. The number of nitrogens with zero attached hydrogens (tertiary/aromatic N) is 1. The third-order valence-corrected chi connectivity index (χ3v) is 3.60. The van der Waals surface area contributed by atoms with Crippen LogP contribution in [0.15, 0.2) is 69.9 Å². The van der Waals surface area contributed by atoms with Crippen molar-refractivity contribution in [3.63, 3.8) is 0 Å². The fraction of sp³-hybridized carbons (Fsp3) is 0.167. The van der Waals surface area contributed by atoms with Crippen LogP contribution in [0.2, 0.25) is 0 Å². The Morgan fingerprint density at radius 2 is 1.40 bits per heavy atom. The quantitative estimate of drug-likeness (QED) is 0.669. The first-order valence-electron chi connectivity index (χ1n) is 7.45. The lowest BCUT2D eigenvalue weighted by Gasteiger charge is -2.21. The summed E-state index contributed by atoms with van der Waals surface area (Å²) in [6.45, 7) is 0.348. The van der Waals surface area contributed by atoms with Gasteiger partial charge in [-0.3, -0.25) is 4.79 Å². The van der Waals surface area contributed by atoms with E-state index < -0.39 is 17.6 Å². The van der Waals surface area contributed by atoms with Gasteiger partial charge in [0.2, 0.25) is 0 Å². The number of hydrogen-bond acceptors (Lipinski definition) is 3. The monoisotopic (exact) mass is 349 g/mol. The number of halogens is 3. The standard InChI is InChI=1S/C18H14F3NO3/c19-18(20,21)14-7-5-13(6-8-14)17(23)22(11-15-3-1-9-24-15)12-16-4-2-10-25-16/h1-10H,11-12H2. The molecule has 0 radical (unpaired) electrons. The fourth-order valence-electron chi connectivity index (χ4n) is 2.37. The zero-order chi connectivity index (χ0) is 17.9. The fourth-order valence-corrected chi connectivity index (χ4v) is 2.37. The molecule has 3 rings (SSSR count). The Morgan fingerprint density at radius 3 is 1.80 bits per heavy atom. The van der Waals surface area contributed by atoms with Gasteiger partial charge in [0, 0.05) is 5.56 Å². The van der Waals surface area contributed by atoms with Crippen LogP contribution in [0.5, 0.6) is 0 Å². The lowest BCUT2D eigenvalue weighted by Crippen LogP contribution is -2.29. The number of benzene rings is 1. The Morgan fingerprint density at radius 1 is 0.880 bits per heavy atom. The van der Waals surface area contributed by atoms with E-state index in [-0.39, 0.29) is 18.7 Å². The van der Waals surface area contributed by atoms with Gasteiger partial charge in [0.1, 0.15) is 11.5 Å². The lowest BCUT2D eigenvalue weighted by molar-refractivity contribution is -0.137. The number of hydrogen-bond donors (Lipinski definition) is 0. The van der Waals surface area contributed by atoms with E-state index in [0.29, 0.717) is 11.5 Å². The van der Waals surface area contributed by atoms with Gasteiger partial charge >= 0.3 is 6.18 Å². The molecule has 0 aliphatic heterocycles. The maximum atomic E-state index is 12.7. The first kappa shape index (κ1) is 16.9. The second kappa shape index (κ2) is 6.88. The second-order valence-corrected chi connectivity index (χ2v) is 5.40. The third-order valence-electron chi connectivity index (χ3n) is 3.60. The molecule has 0 bridgehead atoms. The molecule has 4 nitrogen and oxygen atoms in total. The largest absolute Gasteiger partial charge is 0.467 e. The Hall–Kier alpha value is -2.96. The smallest absolute Gasteiger partial charge is 0.416 e. The van der Waals surface area contributed by atoms with Crippen LogP contribution in [0.25, 0.3) is 0 Å². The molecule has 2 heterocycles. The SMILES string of the molecule is O=C(c1ccc(C(F)(F)F)cc1)N(Cc1ccco1)Cc1ccco1. The van der Waals surface area contributed by atoms with Crippen molar-refractivity contribution in [2.45, 2.75) is 19.3 Å². The Kier molecular flexibility index (Phi) is 4.65. The van der Waals surface area contributed by atoms with Crippen molar-refractivity contribution in [2.24, 2.45) is 0 Å². The highest BCUT2D eigenvalue weighted by Crippen LogP contribution is 2.29. The van der Waals surface area contributed by atoms with Crippen molar-refractivity contribution in [3.8, 4) is 0 Å². The second-order valence-electron chi connectivity index (χ2n) is 5.40. The van der Waals surface area contributed by atoms with Gasteiger partial charge in [-0.15, -0.1) is 0 Å². The molecule has 25 heavy (non-hydrogen) atoms. The van der Waals surface area contributed by atoms with Crippen molar-refractivity contribution < 1.29 is 26.8 Å². The Bertz CT molecular complexity index is 770. The molecule has 0 unspecified atom stereocenters. The zero-order valence-electron chi connectivity index (χ0n) is 13.0. The molecule has 0 aliphatic rings. The van der Waals surface area contributed by atoms with Crippen LogP contribution in [0, 0.1) is 0 Å². The summed E-state index contributed by atoms with van der Waals surface area (Å²) in [7, 11) is 0. The lowest BCUT2D eigenvalue weighted by atomic mass is 10.1. The van der Waals surface area contributed by atoms with E-state index in [9.17, 15) is 18.0 Å². The average Bonchev–Trinajstić information content (AvgIpc) is 3.27. The van der Waals surface area contributed by atoms with Crippen molar-refractivity contribution in [1.82, 2.24) is 4.90 Å². The van der Waals surface area contributed by atoms with Gasteiger partial charge in [0.25, 0.3) is 5.91 Å². The normalized spacial score (nSPS) is 11.5. The van der Waals surface area contributed by atoms with Crippen molar-refractivity contribution in [3.05, 3.63) is 83.7 Å². The molecule has 2 aromatic heterocycles. The van der Waals surface area contributed by atoms with Gasteiger partial charge in [-0.1, -0.05) is 0 Å². The van der Waals surface area contributed by atoms with E-state index in [1.807, 2.05) is 0 Å². The summed E-state index contributed by atoms with van der Waals surface area (Å²) in [6, 6.07) is 11.0. The third kappa shape index (κ3) is 4.12. The molecule has 0 fully saturated rings. The average molecular weight is 349 g/mol. The van der Waals surface area contributed by atoms with Crippen LogP contribution in [-0.4, -0.2) is 10.8 Å². The van der Waals surface area contributed by atoms with Gasteiger partial charge in [-0.05, 0) is 48.5 Å². The minimum absolute atomic E-state index is 0.158. The summed E-state index contributed by atoms with van der Waals surface area (Å²) in [5.74, 6) is 0.708. The van der Waals surface area contributed by atoms with Gasteiger partial charge < -0.3 is 13.7 Å². The molecule has 0 saturated carbocycles. The van der Waals surface area contributed by atoms with Gasteiger partial charge in [-0.25, -0.2) is 0 Å². The van der Waals surface area contributed by atoms with Crippen LogP contribution in [0.1, 0.15) is 27.4 Å². The van der Waals surface area contributed by atoms with Crippen LogP contribution >= 0.6 is 0 Å². The first-order valence-corrected chi connectivity index (χ1v) is 7.45. The molecule has 0 N–H and O–H groups in total. The molecule has 0 aliphatic carbocycles. The zero-order valence-corrected chi connectivity index (χ0v) is 13.0. The van der Waals surface area contributed by atoms with E-state index in [2.05, 4.69) is 0 Å². The van der Waals surface area contributed by atoms with Gasteiger partial charge in [-0.2, -0.15) is 13.2 Å². The Balaban J connectivity index is 1.82. The van der Waals surface area contributed by atoms with E-state index >= 15 is 0 Å². The van der Waals surface area contributed by atoms with E-state index in [1.165, 1.54) is 29.6 Å². The molecule has 130 valence electrons. The number of amides is 1. The molecule has 1 amide bonds. The summed E-state index contributed by atoms with van der Waals surface area (Å²) < 4.78 is 48.5. The topological polar surface area (TPSA) is 46.6 Å². The number of rotatable bonds is 5. The molecular formula is C18H14F3NO3. The number of furan rings is 2. The number of alkyl halides is 3. The molecule has 0 saturated heterocycles. The van der Waals surface area contributed by atoms with Crippen LogP contribution in [-0.2, 0) is 19.3 Å². The maximum Gasteiger partial charge on any atom is 0.416 e. The maximum absolute atomic E-state index is 12.7. The summed E-state index contributed by atoms with van der Waals surface area (Å²) in [4.78, 5) is 14.2. The molecule has 3 aromatic rings. The van der Waals surface area contributed by atoms with Crippen LogP contribution < -0.4 is 0 Å². The van der Waals surface area contributed by atoms with E-state index in [4.69, 9.17) is 8.83 Å². The summed E-state index contributed by atoms with van der Waals surface area (Å²) in [6.07, 6.45) is -1.46. The van der Waals surface area contributed by atoms with Crippen LogP contribution in [0.3, 0.4) is 0 Å².